The van der Waals surface area contributed by atoms with Crippen molar-refractivity contribution in [2.75, 3.05) is 5.32 Å². The Morgan fingerprint density at radius 1 is 1.25 bits per heavy atom. The highest BCUT2D eigenvalue weighted by molar-refractivity contribution is 5.88. The summed E-state index contributed by atoms with van der Waals surface area (Å²) in [5.74, 6) is -1.88. The maximum atomic E-state index is 11.0. The number of amides is 1. The third-order valence-corrected chi connectivity index (χ3v) is 2.34. The number of hydrogen-bond acceptors (Lipinski definition) is 5. The van der Waals surface area contributed by atoms with Crippen molar-refractivity contribution < 1.29 is 29.0 Å². The van der Waals surface area contributed by atoms with Crippen molar-refractivity contribution >= 4 is 17.9 Å². The zero-order chi connectivity index (χ0) is 14.7. The largest absolute Gasteiger partial charge is 0.502 e. The molecule has 0 atom stereocenters. The number of benzene rings is 1. The molecule has 1 heterocycles. The van der Waals surface area contributed by atoms with Gasteiger partial charge < -0.3 is 19.4 Å². The monoisotopic (exact) mass is 277 g/mol. The van der Waals surface area contributed by atoms with E-state index in [2.05, 4.69) is 0 Å². The summed E-state index contributed by atoms with van der Waals surface area (Å²) in [5.41, 5.74) is 0.511. The minimum absolute atomic E-state index is 0.00519. The van der Waals surface area contributed by atoms with E-state index in [-0.39, 0.29) is 17.4 Å². The lowest BCUT2D eigenvalue weighted by Crippen LogP contribution is -2.09. The summed E-state index contributed by atoms with van der Waals surface area (Å²) < 4.78 is 9.99. The lowest BCUT2D eigenvalue weighted by atomic mass is 10.1. The van der Waals surface area contributed by atoms with Crippen molar-refractivity contribution in [3.05, 3.63) is 30.3 Å². The van der Waals surface area contributed by atoms with Gasteiger partial charge in [0.2, 0.25) is 11.5 Å². The molecule has 0 saturated carbocycles. The zero-order valence-corrected chi connectivity index (χ0v) is 10.4. The first-order valence-electron chi connectivity index (χ1n) is 5.58. The molecule has 2 rings (SSSR count). The van der Waals surface area contributed by atoms with E-state index >= 15 is 0 Å². The molecule has 7 heteroatoms. The van der Waals surface area contributed by atoms with E-state index in [9.17, 15) is 14.7 Å². The van der Waals surface area contributed by atoms with E-state index in [1.165, 1.54) is 0 Å². The van der Waals surface area contributed by atoms with Crippen molar-refractivity contribution in [2.24, 2.45) is 0 Å². The van der Waals surface area contributed by atoms with Gasteiger partial charge in [0.05, 0.1) is 0 Å². The number of aromatic hydroxyl groups is 1. The van der Waals surface area contributed by atoms with Crippen LogP contribution in [0.2, 0.25) is 0 Å². The van der Waals surface area contributed by atoms with Crippen LogP contribution in [0.3, 0.4) is 0 Å². The van der Waals surface area contributed by atoms with Gasteiger partial charge in [0.25, 0.3) is 5.88 Å². The highest BCUT2D eigenvalue weighted by Gasteiger charge is 2.25. The van der Waals surface area contributed by atoms with Gasteiger partial charge in [0.15, 0.2) is 5.76 Å². The smallest absolute Gasteiger partial charge is 0.411 e. The number of anilines is 1. The molecule has 0 aliphatic rings. The van der Waals surface area contributed by atoms with Crippen LogP contribution in [0.1, 0.15) is 6.92 Å². The Morgan fingerprint density at radius 2 is 1.90 bits per heavy atom. The summed E-state index contributed by atoms with van der Waals surface area (Å²) in [4.78, 5) is 21.7. The highest BCUT2D eigenvalue weighted by atomic mass is 16.6. The molecule has 3 N–H and O–H groups in total. The molecule has 0 unspecified atom stereocenters. The Bertz CT molecular complexity index is 646. The first kappa shape index (κ1) is 13.5. The number of carbonyl (C=O) groups is 2. The van der Waals surface area contributed by atoms with E-state index in [0.29, 0.717) is 5.56 Å². The third kappa shape index (κ3) is 2.72. The van der Waals surface area contributed by atoms with Gasteiger partial charge in [0.1, 0.15) is 0 Å². The predicted molar refractivity (Wildman–Crippen MR) is 68.8 cm³/mol. The molecule has 104 valence electrons. The van der Waals surface area contributed by atoms with Gasteiger partial charge in [-0.25, -0.2) is 4.79 Å². The van der Waals surface area contributed by atoms with Crippen LogP contribution in [0.25, 0.3) is 11.3 Å². The Kier molecular flexibility index (Phi) is 3.60. The summed E-state index contributed by atoms with van der Waals surface area (Å²) in [6, 6.07) is 8.51. The van der Waals surface area contributed by atoms with Gasteiger partial charge in [-0.15, -0.1) is 0 Å². The fourth-order valence-corrected chi connectivity index (χ4v) is 1.61. The van der Waals surface area contributed by atoms with E-state index in [1.807, 2.05) is 5.32 Å². The van der Waals surface area contributed by atoms with Crippen molar-refractivity contribution in [2.45, 2.75) is 6.92 Å². The average Bonchev–Trinajstić information content (AvgIpc) is 2.67. The van der Waals surface area contributed by atoms with E-state index in [4.69, 9.17) is 14.3 Å². The SMILES string of the molecule is CC(=O)Oc1c(NC(=O)O)oc(-c2ccccc2)c1O. The standard InChI is InChI=1S/C13H11NO6/c1-7(15)19-11-9(16)10(8-5-3-2-4-6-8)20-12(11)14-13(17)18/h2-6,14,16H,1H3,(H,17,18). The number of carboxylic acid groups (broad SMARTS) is 1. The summed E-state index contributed by atoms with van der Waals surface area (Å²) in [5, 5.41) is 20.6. The number of nitrogens with one attached hydrogen (secondary N) is 1. The fourth-order valence-electron chi connectivity index (χ4n) is 1.61. The lowest BCUT2D eigenvalue weighted by Gasteiger charge is -2.01. The van der Waals surface area contributed by atoms with Crippen LogP contribution in [0.15, 0.2) is 34.7 Å². The number of rotatable bonds is 3. The zero-order valence-electron chi connectivity index (χ0n) is 10.4. The lowest BCUT2D eigenvalue weighted by molar-refractivity contribution is -0.132. The van der Waals surface area contributed by atoms with E-state index < -0.39 is 17.8 Å². The number of carbonyl (C=O) groups excluding carboxylic acids is 1. The molecule has 0 spiro atoms. The van der Waals surface area contributed by atoms with Gasteiger partial charge in [-0.3, -0.25) is 10.1 Å². The van der Waals surface area contributed by atoms with E-state index in [0.717, 1.165) is 6.92 Å². The molecular formula is C13H11NO6. The van der Waals surface area contributed by atoms with Crippen LogP contribution in [0.5, 0.6) is 11.5 Å². The quantitative estimate of drug-likeness (QED) is 0.744. The van der Waals surface area contributed by atoms with Crippen molar-refractivity contribution in [3.63, 3.8) is 0 Å². The van der Waals surface area contributed by atoms with Crippen LogP contribution in [0, 0.1) is 0 Å². The second kappa shape index (κ2) is 5.35. The molecule has 20 heavy (non-hydrogen) atoms. The van der Waals surface area contributed by atoms with Gasteiger partial charge >= 0.3 is 12.1 Å². The van der Waals surface area contributed by atoms with Gasteiger partial charge in [-0.05, 0) is 0 Å². The van der Waals surface area contributed by atoms with Crippen LogP contribution in [-0.4, -0.2) is 22.3 Å². The second-order valence-electron chi connectivity index (χ2n) is 3.83. The normalized spacial score (nSPS) is 10.1. The third-order valence-electron chi connectivity index (χ3n) is 2.34. The summed E-state index contributed by atoms with van der Waals surface area (Å²) in [7, 11) is 0. The average molecular weight is 277 g/mol. The van der Waals surface area contributed by atoms with Crippen molar-refractivity contribution in [3.8, 4) is 22.8 Å². The first-order valence-corrected chi connectivity index (χ1v) is 5.58. The van der Waals surface area contributed by atoms with Gasteiger partial charge in [-0.1, -0.05) is 30.3 Å². The molecular weight excluding hydrogens is 266 g/mol. The maximum absolute atomic E-state index is 11.0. The first-order chi connectivity index (χ1) is 9.49. The van der Waals surface area contributed by atoms with Gasteiger partial charge in [-0.2, -0.15) is 0 Å². The number of hydrogen-bond donors (Lipinski definition) is 3. The van der Waals surface area contributed by atoms with Crippen LogP contribution < -0.4 is 10.1 Å². The summed E-state index contributed by atoms with van der Waals surface area (Å²) in [6.45, 7) is 1.12. The van der Waals surface area contributed by atoms with Gasteiger partial charge in [0, 0.05) is 12.5 Å². The molecule has 7 nitrogen and oxygen atoms in total. The molecule has 0 saturated heterocycles. The minimum Gasteiger partial charge on any atom is -0.502 e. The Labute approximate surface area is 113 Å². The molecule has 1 aromatic carbocycles. The molecule has 2 aromatic rings. The molecule has 1 amide bonds. The Balaban J connectivity index is 2.52. The number of esters is 1. The topological polar surface area (TPSA) is 109 Å². The van der Waals surface area contributed by atoms with Crippen molar-refractivity contribution in [1.82, 2.24) is 0 Å². The molecule has 0 bridgehead atoms. The Hall–Kier alpha value is -2.96. The molecule has 0 fully saturated rings. The number of furan rings is 1. The van der Waals surface area contributed by atoms with Crippen LogP contribution >= 0.6 is 0 Å². The molecule has 1 aromatic heterocycles. The van der Waals surface area contributed by atoms with Crippen molar-refractivity contribution in [1.29, 1.82) is 0 Å². The maximum Gasteiger partial charge on any atom is 0.411 e. The summed E-state index contributed by atoms with van der Waals surface area (Å²) >= 11 is 0. The highest BCUT2D eigenvalue weighted by Crippen LogP contribution is 2.46. The second-order valence-corrected chi connectivity index (χ2v) is 3.83. The molecule has 0 aliphatic heterocycles. The molecule has 0 radical (unpaired) electrons. The van der Waals surface area contributed by atoms with Crippen LogP contribution in [-0.2, 0) is 4.79 Å². The molecule has 0 aliphatic carbocycles. The fraction of sp³-hybridized carbons (Fsp3) is 0.0769. The minimum atomic E-state index is -1.41. The Morgan fingerprint density at radius 3 is 2.45 bits per heavy atom. The van der Waals surface area contributed by atoms with Crippen LogP contribution in [0.4, 0.5) is 10.7 Å². The summed E-state index contributed by atoms with van der Waals surface area (Å²) in [6.07, 6.45) is -1.41. The predicted octanol–water partition coefficient (Wildman–Crippen LogP) is 2.67. The van der Waals surface area contributed by atoms with E-state index in [1.54, 1.807) is 30.3 Å². The number of ether oxygens (including phenoxy) is 1.